The molecular formula is C20H33N. The maximum atomic E-state index is 2.67. The van der Waals surface area contributed by atoms with E-state index in [4.69, 9.17) is 0 Å². The average Bonchev–Trinajstić information content (AvgIpc) is 2.93. The van der Waals surface area contributed by atoms with Crippen molar-refractivity contribution in [2.45, 2.75) is 86.2 Å². The van der Waals surface area contributed by atoms with Crippen molar-refractivity contribution in [3.63, 3.8) is 0 Å². The summed E-state index contributed by atoms with van der Waals surface area (Å²) >= 11 is 0. The fourth-order valence-corrected chi connectivity index (χ4v) is 4.22. The predicted octanol–water partition coefficient (Wildman–Crippen LogP) is 5.05. The van der Waals surface area contributed by atoms with Crippen LogP contribution in [0.15, 0.2) is 0 Å². The molecule has 0 saturated carbocycles. The van der Waals surface area contributed by atoms with E-state index in [0.717, 1.165) is 0 Å². The number of nitrogens with zero attached hydrogens (tertiary/aromatic N) is 1. The zero-order valence-electron chi connectivity index (χ0n) is 14.8. The lowest BCUT2D eigenvalue weighted by atomic mass is 9.84. The molecule has 21 heavy (non-hydrogen) atoms. The number of benzene rings is 1. The minimum atomic E-state index is 1.20. The van der Waals surface area contributed by atoms with Crippen LogP contribution in [0.4, 0.5) is 0 Å². The molecule has 1 heteroatoms. The number of hydrogen-bond donors (Lipinski definition) is 0. The van der Waals surface area contributed by atoms with E-state index in [-0.39, 0.29) is 0 Å². The van der Waals surface area contributed by atoms with Gasteiger partial charge in [-0.1, -0.05) is 41.0 Å². The van der Waals surface area contributed by atoms with Crippen molar-refractivity contribution in [3.8, 4) is 0 Å². The second-order valence-electron chi connectivity index (χ2n) is 6.35. The lowest BCUT2D eigenvalue weighted by Gasteiger charge is -2.21. The molecule has 0 N–H and O–H groups in total. The molecule has 0 fully saturated rings. The maximum absolute atomic E-state index is 2.67. The molecule has 0 bridgehead atoms. The van der Waals surface area contributed by atoms with Gasteiger partial charge in [-0.15, -0.1) is 0 Å². The number of unbranched alkanes of at least 4 members (excludes halogenated alkanes) is 1. The molecule has 1 nitrogen and oxygen atoms in total. The summed E-state index contributed by atoms with van der Waals surface area (Å²) in [5, 5.41) is 0. The van der Waals surface area contributed by atoms with Crippen LogP contribution < -0.4 is 0 Å². The van der Waals surface area contributed by atoms with E-state index in [1.165, 1.54) is 58.2 Å². The van der Waals surface area contributed by atoms with Crippen molar-refractivity contribution in [2.24, 2.45) is 0 Å². The zero-order valence-corrected chi connectivity index (χ0v) is 14.8. The van der Waals surface area contributed by atoms with Gasteiger partial charge in [0.15, 0.2) is 0 Å². The first-order valence-corrected chi connectivity index (χ1v) is 9.11. The van der Waals surface area contributed by atoms with E-state index < -0.39 is 0 Å². The summed E-state index contributed by atoms with van der Waals surface area (Å²) < 4.78 is 0. The third-order valence-electron chi connectivity index (χ3n) is 5.19. The van der Waals surface area contributed by atoms with Gasteiger partial charge in [0.1, 0.15) is 0 Å². The number of rotatable bonds is 7. The van der Waals surface area contributed by atoms with Crippen LogP contribution in [0.5, 0.6) is 0 Å². The number of hydrogen-bond acceptors (Lipinski definition) is 1. The summed E-state index contributed by atoms with van der Waals surface area (Å²) in [6.07, 6.45) is 7.42. The molecule has 0 amide bonds. The second-order valence-corrected chi connectivity index (χ2v) is 6.35. The predicted molar refractivity (Wildman–Crippen MR) is 93.0 cm³/mol. The van der Waals surface area contributed by atoms with Crippen molar-refractivity contribution >= 4 is 0 Å². The van der Waals surface area contributed by atoms with Gasteiger partial charge in [-0.05, 0) is 72.0 Å². The molecule has 0 radical (unpaired) electrons. The van der Waals surface area contributed by atoms with E-state index in [2.05, 4.69) is 39.5 Å². The van der Waals surface area contributed by atoms with Crippen LogP contribution in [0, 0.1) is 0 Å². The first-order chi connectivity index (χ1) is 10.2. The van der Waals surface area contributed by atoms with Crippen molar-refractivity contribution in [1.82, 2.24) is 4.90 Å². The lowest BCUT2D eigenvalue weighted by molar-refractivity contribution is 0.278. The smallest absolute Gasteiger partial charge is 0.0243 e. The van der Waals surface area contributed by atoms with E-state index >= 15 is 0 Å². The molecule has 1 aromatic rings. The first-order valence-electron chi connectivity index (χ1n) is 9.11. The molecule has 1 heterocycles. The topological polar surface area (TPSA) is 3.24 Å². The normalized spacial score (nSPS) is 14.7. The monoisotopic (exact) mass is 287 g/mol. The highest BCUT2D eigenvalue weighted by molar-refractivity contribution is 5.53. The molecule has 1 aliphatic rings. The zero-order chi connectivity index (χ0) is 15.4. The second kappa shape index (κ2) is 7.45. The minimum Gasteiger partial charge on any atom is -0.295 e. The van der Waals surface area contributed by atoms with E-state index in [9.17, 15) is 0 Å². The highest BCUT2D eigenvalue weighted by Crippen LogP contribution is 2.36. The van der Waals surface area contributed by atoms with Gasteiger partial charge in [-0.3, -0.25) is 4.90 Å². The molecule has 0 spiro atoms. The third kappa shape index (κ3) is 3.04. The Balaban J connectivity index is 2.49. The lowest BCUT2D eigenvalue weighted by Crippen LogP contribution is -2.17. The van der Waals surface area contributed by atoms with Crippen LogP contribution in [-0.2, 0) is 38.8 Å². The Kier molecular flexibility index (Phi) is 5.87. The van der Waals surface area contributed by atoms with Gasteiger partial charge in [0, 0.05) is 13.1 Å². The van der Waals surface area contributed by atoms with Crippen LogP contribution >= 0.6 is 0 Å². The van der Waals surface area contributed by atoms with E-state index in [0.29, 0.717) is 0 Å². The molecule has 0 atom stereocenters. The quantitative estimate of drug-likeness (QED) is 0.678. The molecule has 0 aromatic heterocycles. The summed E-state index contributed by atoms with van der Waals surface area (Å²) in [7, 11) is 0. The van der Waals surface area contributed by atoms with Crippen LogP contribution in [-0.4, -0.2) is 11.4 Å². The Morgan fingerprint density at radius 1 is 0.667 bits per heavy atom. The Labute approximate surface area is 131 Å². The Hall–Kier alpha value is -0.820. The Morgan fingerprint density at radius 3 is 1.43 bits per heavy atom. The van der Waals surface area contributed by atoms with Gasteiger partial charge in [0.25, 0.3) is 0 Å². The van der Waals surface area contributed by atoms with Gasteiger partial charge in [0.05, 0.1) is 0 Å². The molecule has 1 aromatic carbocycles. The van der Waals surface area contributed by atoms with Gasteiger partial charge in [0.2, 0.25) is 0 Å². The highest BCUT2D eigenvalue weighted by atomic mass is 15.1. The molecule has 0 saturated heterocycles. The highest BCUT2D eigenvalue weighted by Gasteiger charge is 2.27. The third-order valence-corrected chi connectivity index (χ3v) is 5.19. The fourth-order valence-electron chi connectivity index (χ4n) is 4.22. The number of fused-ring (bicyclic) bond motifs is 1. The van der Waals surface area contributed by atoms with E-state index in [1.807, 2.05) is 0 Å². The van der Waals surface area contributed by atoms with Crippen molar-refractivity contribution in [3.05, 3.63) is 33.4 Å². The maximum Gasteiger partial charge on any atom is 0.0243 e. The Morgan fingerprint density at radius 2 is 1.10 bits per heavy atom. The van der Waals surface area contributed by atoms with Crippen LogP contribution in [0.3, 0.4) is 0 Å². The van der Waals surface area contributed by atoms with Crippen molar-refractivity contribution in [1.29, 1.82) is 0 Å². The summed E-state index contributed by atoms with van der Waals surface area (Å²) in [4.78, 5) is 2.67. The first kappa shape index (κ1) is 16.5. The molecule has 1 aliphatic heterocycles. The Bertz CT molecular complexity index is 446. The summed E-state index contributed by atoms with van der Waals surface area (Å²) in [6.45, 7) is 15.3. The van der Waals surface area contributed by atoms with Crippen molar-refractivity contribution < 1.29 is 0 Å². The van der Waals surface area contributed by atoms with E-state index in [1.54, 1.807) is 33.4 Å². The van der Waals surface area contributed by atoms with Crippen LogP contribution in [0.1, 0.15) is 80.8 Å². The SMILES string of the molecule is CCCCN1Cc2c(CC)c(CC)c(CC)c(CC)c2C1. The molecule has 2 rings (SSSR count). The summed E-state index contributed by atoms with van der Waals surface area (Å²) in [5.74, 6) is 0. The fraction of sp³-hybridized carbons (Fsp3) is 0.700. The van der Waals surface area contributed by atoms with Gasteiger partial charge < -0.3 is 0 Å². The summed E-state index contributed by atoms with van der Waals surface area (Å²) in [6, 6.07) is 0. The van der Waals surface area contributed by atoms with Gasteiger partial charge in [-0.25, -0.2) is 0 Å². The largest absolute Gasteiger partial charge is 0.295 e. The summed E-state index contributed by atoms with van der Waals surface area (Å²) in [5.41, 5.74) is 10.1. The average molecular weight is 287 g/mol. The standard InChI is InChI=1S/C20H33N/c1-6-11-12-21-13-19-17(9-4)15(7-2)16(8-3)18(10-5)20(19)14-21/h6-14H2,1-5H3. The minimum absolute atomic E-state index is 1.20. The van der Waals surface area contributed by atoms with Gasteiger partial charge in [-0.2, -0.15) is 0 Å². The van der Waals surface area contributed by atoms with Gasteiger partial charge >= 0.3 is 0 Å². The molecular weight excluding hydrogens is 254 g/mol. The molecule has 0 aliphatic carbocycles. The molecule has 0 unspecified atom stereocenters. The van der Waals surface area contributed by atoms with Crippen LogP contribution in [0.25, 0.3) is 0 Å². The van der Waals surface area contributed by atoms with Crippen LogP contribution in [0.2, 0.25) is 0 Å². The molecule has 118 valence electrons. The van der Waals surface area contributed by atoms with Crippen molar-refractivity contribution in [2.75, 3.05) is 6.54 Å².